The molecule has 0 saturated heterocycles. The third-order valence-corrected chi connectivity index (χ3v) is 3.34. The van der Waals surface area contributed by atoms with Crippen LogP contribution in [0.2, 0.25) is 0 Å². The number of nitrogens with zero attached hydrogens (tertiary/aromatic N) is 4. The van der Waals surface area contributed by atoms with Crippen LogP contribution in [0.25, 0.3) is 5.69 Å². The summed E-state index contributed by atoms with van der Waals surface area (Å²) in [4.78, 5) is 0. The SMILES string of the molecule is ClCc1nnnn1-c1ccc(I)cc1Br. The van der Waals surface area contributed by atoms with E-state index >= 15 is 0 Å². The largest absolute Gasteiger partial charge is 0.195 e. The normalized spacial score (nSPS) is 10.6. The minimum Gasteiger partial charge on any atom is -0.195 e. The van der Waals surface area contributed by atoms with Crippen molar-refractivity contribution >= 4 is 50.1 Å². The number of hydrogen-bond acceptors (Lipinski definition) is 3. The highest BCUT2D eigenvalue weighted by atomic mass is 127. The van der Waals surface area contributed by atoms with E-state index < -0.39 is 0 Å². The minimum absolute atomic E-state index is 0.283. The Kier molecular flexibility index (Phi) is 3.57. The van der Waals surface area contributed by atoms with E-state index in [1.54, 1.807) is 4.68 Å². The first-order valence-electron chi connectivity index (χ1n) is 4.01. The first kappa shape index (κ1) is 11.3. The summed E-state index contributed by atoms with van der Waals surface area (Å²) in [7, 11) is 0. The molecule has 2 aromatic rings. The summed E-state index contributed by atoms with van der Waals surface area (Å²) >= 11 is 11.4. The lowest BCUT2D eigenvalue weighted by molar-refractivity contribution is 0.774. The van der Waals surface area contributed by atoms with Gasteiger partial charge in [0.15, 0.2) is 5.82 Å². The summed E-state index contributed by atoms with van der Waals surface area (Å²) in [5.41, 5.74) is 0.885. The predicted molar refractivity (Wildman–Crippen MR) is 69.1 cm³/mol. The lowest BCUT2D eigenvalue weighted by Gasteiger charge is -2.05. The highest BCUT2D eigenvalue weighted by molar-refractivity contribution is 14.1. The Morgan fingerprint density at radius 1 is 1.47 bits per heavy atom. The summed E-state index contributed by atoms with van der Waals surface area (Å²) in [5, 5.41) is 11.3. The molecule has 1 aromatic carbocycles. The molecule has 0 aliphatic carbocycles. The maximum Gasteiger partial charge on any atom is 0.171 e. The van der Waals surface area contributed by atoms with Crippen LogP contribution in [0.15, 0.2) is 22.7 Å². The fourth-order valence-corrected chi connectivity index (χ4v) is 2.76. The van der Waals surface area contributed by atoms with Crippen LogP contribution >= 0.6 is 50.1 Å². The van der Waals surface area contributed by atoms with E-state index in [-0.39, 0.29) is 5.88 Å². The highest BCUT2D eigenvalue weighted by Gasteiger charge is 2.09. The maximum atomic E-state index is 5.73. The number of alkyl halides is 1. The first-order chi connectivity index (χ1) is 7.22. The van der Waals surface area contributed by atoms with Gasteiger partial charge < -0.3 is 0 Å². The molecule has 0 fully saturated rings. The summed E-state index contributed by atoms with van der Waals surface area (Å²) < 4.78 is 3.70. The van der Waals surface area contributed by atoms with Crippen LogP contribution in [0.1, 0.15) is 5.82 Å². The summed E-state index contributed by atoms with van der Waals surface area (Å²) in [6, 6.07) is 5.92. The molecule has 1 heterocycles. The van der Waals surface area contributed by atoms with Gasteiger partial charge in [-0.3, -0.25) is 0 Å². The third kappa shape index (κ3) is 2.31. The average molecular weight is 399 g/mol. The van der Waals surface area contributed by atoms with E-state index in [1.807, 2.05) is 18.2 Å². The molecule has 0 saturated carbocycles. The van der Waals surface area contributed by atoms with Gasteiger partial charge in [0.25, 0.3) is 0 Å². The average Bonchev–Trinajstić information content (AvgIpc) is 2.65. The van der Waals surface area contributed by atoms with Crippen molar-refractivity contribution in [2.75, 3.05) is 0 Å². The lowest BCUT2D eigenvalue weighted by Crippen LogP contribution is -2.02. The van der Waals surface area contributed by atoms with Crippen molar-refractivity contribution in [3.63, 3.8) is 0 Å². The van der Waals surface area contributed by atoms with Gasteiger partial charge in [-0.2, -0.15) is 4.68 Å². The fourth-order valence-electron chi connectivity index (χ4n) is 1.13. The number of hydrogen-bond donors (Lipinski definition) is 0. The molecule has 0 aliphatic rings. The van der Waals surface area contributed by atoms with E-state index in [4.69, 9.17) is 11.6 Å². The summed E-state index contributed by atoms with van der Waals surface area (Å²) in [6.45, 7) is 0. The molecule has 0 unspecified atom stereocenters. The first-order valence-corrected chi connectivity index (χ1v) is 6.41. The van der Waals surface area contributed by atoms with Crippen LogP contribution in [0, 0.1) is 3.57 Å². The standard InChI is InChI=1S/C8H5BrClIN4/c9-6-3-5(11)1-2-7(6)15-8(4-10)12-13-14-15/h1-3H,4H2. The molecular weight excluding hydrogens is 394 g/mol. The molecule has 4 nitrogen and oxygen atoms in total. The molecule has 0 atom stereocenters. The van der Waals surface area contributed by atoms with Crippen LogP contribution in [0.4, 0.5) is 0 Å². The summed E-state index contributed by atoms with van der Waals surface area (Å²) in [5.74, 6) is 0.907. The Balaban J connectivity index is 2.54. The Labute approximate surface area is 113 Å². The van der Waals surface area contributed by atoms with Gasteiger partial charge in [-0.15, -0.1) is 16.7 Å². The number of halogens is 3. The van der Waals surface area contributed by atoms with E-state index in [9.17, 15) is 0 Å². The number of rotatable bonds is 2. The number of benzene rings is 1. The van der Waals surface area contributed by atoms with Crippen LogP contribution < -0.4 is 0 Å². The zero-order chi connectivity index (χ0) is 10.8. The van der Waals surface area contributed by atoms with Crippen LogP contribution in [-0.4, -0.2) is 20.2 Å². The Bertz CT molecular complexity index is 487. The van der Waals surface area contributed by atoms with E-state index in [2.05, 4.69) is 54.0 Å². The molecule has 78 valence electrons. The molecule has 0 bridgehead atoms. The molecule has 1 aromatic heterocycles. The van der Waals surface area contributed by atoms with Crippen molar-refractivity contribution < 1.29 is 0 Å². The number of tetrazole rings is 1. The molecule has 0 N–H and O–H groups in total. The zero-order valence-corrected chi connectivity index (χ0v) is 11.9. The minimum atomic E-state index is 0.283. The second kappa shape index (κ2) is 4.75. The zero-order valence-electron chi connectivity index (χ0n) is 7.36. The van der Waals surface area contributed by atoms with Gasteiger partial charge in [-0.1, -0.05) is 0 Å². The smallest absolute Gasteiger partial charge is 0.171 e. The van der Waals surface area contributed by atoms with Crippen molar-refractivity contribution in [3.8, 4) is 5.69 Å². The molecule has 15 heavy (non-hydrogen) atoms. The van der Waals surface area contributed by atoms with Crippen LogP contribution in [0.3, 0.4) is 0 Å². The molecule has 0 amide bonds. The van der Waals surface area contributed by atoms with Gasteiger partial charge in [0, 0.05) is 8.04 Å². The summed E-state index contributed by atoms with van der Waals surface area (Å²) in [6.07, 6.45) is 0. The van der Waals surface area contributed by atoms with Crippen molar-refractivity contribution in [2.24, 2.45) is 0 Å². The third-order valence-electron chi connectivity index (χ3n) is 1.79. The molecule has 0 aliphatic heterocycles. The Hall–Kier alpha value is -0.210. The second-order valence-electron chi connectivity index (χ2n) is 2.74. The van der Waals surface area contributed by atoms with Gasteiger partial charge >= 0.3 is 0 Å². The fraction of sp³-hybridized carbons (Fsp3) is 0.125. The van der Waals surface area contributed by atoms with Gasteiger partial charge in [0.2, 0.25) is 0 Å². The number of aromatic nitrogens is 4. The van der Waals surface area contributed by atoms with Crippen molar-refractivity contribution in [3.05, 3.63) is 32.1 Å². The predicted octanol–water partition coefficient (Wildman–Crippen LogP) is 2.77. The Morgan fingerprint density at radius 2 is 2.27 bits per heavy atom. The molecule has 0 radical (unpaired) electrons. The molecular formula is C8H5BrClIN4. The molecule has 2 rings (SSSR count). The van der Waals surface area contributed by atoms with Crippen molar-refractivity contribution in [2.45, 2.75) is 5.88 Å². The van der Waals surface area contributed by atoms with Gasteiger partial charge in [0.05, 0.1) is 11.6 Å². The lowest BCUT2D eigenvalue weighted by atomic mass is 10.3. The molecule has 0 spiro atoms. The van der Waals surface area contributed by atoms with Crippen LogP contribution in [-0.2, 0) is 5.88 Å². The van der Waals surface area contributed by atoms with E-state index in [1.165, 1.54) is 0 Å². The second-order valence-corrected chi connectivity index (χ2v) is 5.10. The van der Waals surface area contributed by atoms with Gasteiger partial charge in [-0.25, -0.2) is 0 Å². The quantitative estimate of drug-likeness (QED) is 0.576. The topological polar surface area (TPSA) is 43.6 Å². The highest BCUT2D eigenvalue weighted by Crippen LogP contribution is 2.23. The Morgan fingerprint density at radius 3 is 2.93 bits per heavy atom. The van der Waals surface area contributed by atoms with E-state index in [0.29, 0.717) is 5.82 Å². The van der Waals surface area contributed by atoms with E-state index in [0.717, 1.165) is 13.7 Å². The maximum absolute atomic E-state index is 5.73. The monoisotopic (exact) mass is 398 g/mol. The molecule has 7 heteroatoms. The van der Waals surface area contributed by atoms with Gasteiger partial charge in [0.1, 0.15) is 0 Å². The van der Waals surface area contributed by atoms with Crippen molar-refractivity contribution in [1.82, 2.24) is 20.2 Å². The van der Waals surface area contributed by atoms with Gasteiger partial charge in [-0.05, 0) is 67.1 Å². The van der Waals surface area contributed by atoms with Crippen LogP contribution in [0.5, 0.6) is 0 Å². The van der Waals surface area contributed by atoms with Crippen molar-refractivity contribution in [1.29, 1.82) is 0 Å².